The fraction of sp³-hybridized carbons (Fsp3) is 0.167. The number of hydrogen-bond donors (Lipinski definition) is 2. The number of aliphatic imine (C=N–C) groups is 1. The zero-order chi connectivity index (χ0) is 15.8. The van der Waals surface area contributed by atoms with Crippen LogP contribution < -0.4 is 10.6 Å². The lowest BCUT2D eigenvalue weighted by Crippen LogP contribution is -2.29. The minimum absolute atomic E-state index is 0.566. The summed E-state index contributed by atoms with van der Waals surface area (Å²) in [5.41, 5.74) is 2.99. The number of hydrogen-bond acceptors (Lipinski definition) is 1. The van der Waals surface area contributed by atoms with E-state index in [1.807, 2.05) is 54.6 Å². The van der Waals surface area contributed by atoms with E-state index in [9.17, 15) is 0 Å². The molecule has 2 N–H and O–H groups in total. The number of rotatable bonds is 5. The van der Waals surface area contributed by atoms with Crippen LogP contribution in [0.2, 0.25) is 5.02 Å². The van der Waals surface area contributed by atoms with E-state index in [0.29, 0.717) is 12.5 Å². The van der Waals surface area contributed by atoms with Crippen molar-refractivity contribution in [1.29, 1.82) is 0 Å². The summed E-state index contributed by atoms with van der Waals surface area (Å²) in [7, 11) is 0. The molecule has 0 bridgehead atoms. The van der Waals surface area contributed by atoms with Gasteiger partial charge in [-0.3, -0.25) is 0 Å². The molecule has 2 rings (SSSR count). The smallest absolute Gasteiger partial charge is 0.200 e. The van der Waals surface area contributed by atoms with Gasteiger partial charge in [0.1, 0.15) is 0 Å². The topological polar surface area (TPSA) is 36.4 Å². The zero-order valence-electron chi connectivity index (χ0n) is 12.6. The van der Waals surface area contributed by atoms with Gasteiger partial charge in [-0.2, -0.15) is 0 Å². The lowest BCUT2D eigenvalue weighted by molar-refractivity contribution is 0.957. The van der Waals surface area contributed by atoms with Crippen LogP contribution in [0.5, 0.6) is 0 Å². The molecule has 0 saturated heterocycles. The Balaban J connectivity index is 2.10. The molecule has 22 heavy (non-hydrogen) atoms. The van der Waals surface area contributed by atoms with Crippen LogP contribution in [-0.4, -0.2) is 5.96 Å². The third-order valence-corrected chi connectivity index (χ3v) is 3.34. The monoisotopic (exact) mass is 313 g/mol. The zero-order valence-corrected chi connectivity index (χ0v) is 13.4. The molecule has 0 aromatic heterocycles. The Morgan fingerprint density at radius 3 is 2.41 bits per heavy atom. The van der Waals surface area contributed by atoms with Crippen molar-refractivity contribution in [1.82, 2.24) is 5.32 Å². The van der Waals surface area contributed by atoms with Crippen LogP contribution in [0.15, 0.2) is 71.9 Å². The van der Waals surface area contributed by atoms with Crippen molar-refractivity contribution in [3.05, 3.63) is 77.5 Å². The number of nitrogens with zero attached hydrogens (tertiary/aromatic N) is 1. The molecule has 2 aromatic carbocycles. The fourth-order valence-corrected chi connectivity index (χ4v) is 1.91. The average Bonchev–Trinajstić information content (AvgIpc) is 2.55. The first-order valence-corrected chi connectivity index (χ1v) is 7.61. The molecule has 0 unspecified atom stereocenters. The van der Waals surface area contributed by atoms with Crippen LogP contribution in [0.4, 0.5) is 5.69 Å². The Hall–Kier alpha value is -2.26. The van der Waals surface area contributed by atoms with E-state index in [2.05, 4.69) is 29.1 Å². The predicted octanol–water partition coefficient (Wildman–Crippen LogP) is 4.82. The first kappa shape index (κ1) is 16.1. The summed E-state index contributed by atoms with van der Waals surface area (Å²) in [6.07, 6.45) is 0.844. The standard InChI is InChI=1S/C18H20ClN3/c1-3-14(2)21-18(22-17-7-5-4-6-8-17)20-13-15-9-11-16(19)12-10-15/h4-12H,2-3,13H2,1H3,(H2,20,21,22). The molecule has 0 heterocycles. The average molecular weight is 314 g/mol. The summed E-state index contributed by atoms with van der Waals surface area (Å²) in [5, 5.41) is 7.22. The summed E-state index contributed by atoms with van der Waals surface area (Å²) in [4.78, 5) is 4.60. The van der Waals surface area contributed by atoms with E-state index in [4.69, 9.17) is 11.6 Å². The van der Waals surface area contributed by atoms with Gasteiger partial charge in [0, 0.05) is 16.4 Å². The number of allylic oxidation sites excluding steroid dienone is 1. The van der Waals surface area contributed by atoms with Gasteiger partial charge in [0.15, 0.2) is 5.96 Å². The van der Waals surface area contributed by atoms with E-state index in [1.54, 1.807) is 0 Å². The second kappa shape index (κ2) is 8.25. The quantitative estimate of drug-likeness (QED) is 0.613. The Morgan fingerprint density at radius 2 is 1.77 bits per heavy atom. The molecule has 0 spiro atoms. The number of para-hydroxylation sites is 1. The van der Waals surface area contributed by atoms with Gasteiger partial charge in [-0.25, -0.2) is 4.99 Å². The van der Waals surface area contributed by atoms with Gasteiger partial charge in [0.25, 0.3) is 0 Å². The second-order valence-electron chi connectivity index (χ2n) is 4.86. The highest BCUT2D eigenvalue weighted by Gasteiger charge is 2.01. The third-order valence-electron chi connectivity index (χ3n) is 3.09. The van der Waals surface area contributed by atoms with E-state index < -0.39 is 0 Å². The number of nitrogens with one attached hydrogen (secondary N) is 2. The molecule has 0 radical (unpaired) electrons. The fourth-order valence-electron chi connectivity index (χ4n) is 1.78. The van der Waals surface area contributed by atoms with Crippen molar-refractivity contribution in [3.63, 3.8) is 0 Å². The van der Waals surface area contributed by atoms with Crippen molar-refractivity contribution >= 4 is 23.2 Å². The highest BCUT2D eigenvalue weighted by Crippen LogP contribution is 2.11. The van der Waals surface area contributed by atoms with Gasteiger partial charge < -0.3 is 10.6 Å². The van der Waals surface area contributed by atoms with E-state index in [-0.39, 0.29) is 0 Å². The molecule has 114 valence electrons. The molecule has 0 aliphatic carbocycles. The van der Waals surface area contributed by atoms with Crippen LogP contribution in [0.1, 0.15) is 18.9 Å². The predicted molar refractivity (Wildman–Crippen MR) is 95.2 cm³/mol. The Morgan fingerprint density at radius 1 is 1.09 bits per heavy atom. The van der Waals surface area contributed by atoms with Gasteiger partial charge in [0.05, 0.1) is 6.54 Å². The van der Waals surface area contributed by atoms with Gasteiger partial charge in [-0.05, 0) is 36.2 Å². The van der Waals surface area contributed by atoms with E-state index >= 15 is 0 Å². The minimum atomic E-state index is 0.566. The van der Waals surface area contributed by atoms with E-state index in [0.717, 1.165) is 28.4 Å². The lowest BCUT2D eigenvalue weighted by atomic mass is 10.2. The van der Waals surface area contributed by atoms with Crippen molar-refractivity contribution in [2.24, 2.45) is 4.99 Å². The van der Waals surface area contributed by atoms with Crippen molar-refractivity contribution in [2.75, 3.05) is 5.32 Å². The van der Waals surface area contributed by atoms with Crippen LogP contribution in [0.3, 0.4) is 0 Å². The maximum atomic E-state index is 5.90. The van der Waals surface area contributed by atoms with Gasteiger partial charge in [0.2, 0.25) is 0 Å². The molecule has 0 aliphatic rings. The largest absolute Gasteiger partial charge is 0.330 e. The summed E-state index contributed by atoms with van der Waals surface area (Å²) >= 11 is 5.90. The maximum absolute atomic E-state index is 5.90. The minimum Gasteiger partial charge on any atom is -0.330 e. The Labute approximate surface area is 136 Å². The third kappa shape index (κ3) is 5.26. The lowest BCUT2D eigenvalue weighted by Gasteiger charge is -2.13. The summed E-state index contributed by atoms with van der Waals surface area (Å²) in [6, 6.07) is 17.6. The van der Waals surface area contributed by atoms with Crippen LogP contribution in [0.25, 0.3) is 0 Å². The van der Waals surface area contributed by atoms with Crippen LogP contribution >= 0.6 is 11.6 Å². The number of benzene rings is 2. The van der Waals surface area contributed by atoms with Gasteiger partial charge in [-0.1, -0.05) is 55.4 Å². The van der Waals surface area contributed by atoms with Crippen molar-refractivity contribution in [3.8, 4) is 0 Å². The molecule has 2 aromatic rings. The molecule has 0 fully saturated rings. The first-order chi connectivity index (χ1) is 10.7. The molecule has 4 heteroatoms. The van der Waals surface area contributed by atoms with Crippen molar-refractivity contribution in [2.45, 2.75) is 19.9 Å². The summed E-state index contributed by atoms with van der Waals surface area (Å²) in [6.45, 7) is 6.59. The van der Waals surface area contributed by atoms with E-state index in [1.165, 1.54) is 0 Å². The summed E-state index contributed by atoms with van der Waals surface area (Å²) in [5.74, 6) is 0.688. The van der Waals surface area contributed by atoms with Gasteiger partial charge in [-0.15, -0.1) is 0 Å². The summed E-state index contributed by atoms with van der Waals surface area (Å²) < 4.78 is 0. The molecule has 0 amide bonds. The van der Waals surface area contributed by atoms with Gasteiger partial charge >= 0.3 is 0 Å². The van der Waals surface area contributed by atoms with Crippen LogP contribution in [0, 0.1) is 0 Å². The normalized spacial score (nSPS) is 11.1. The Kier molecular flexibility index (Phi) is 6.04. The molecular weight excluding hydrogens is 294 g/mol. The van der Waals surface area contributed by atoms with Crippen LogP contribution in [-0.2, 0) is 6.54 Å². The molecular formula is C18H20ClN3. The maximum Gasteiger partial charge on any atom is 0.200 e. The number of halogens is 1. The number of anilines is 1. The molecule has 0 saturated carbocycles. The molecule has 0 atom stereocenters. The number of guanidine groups is 1. The first-order valence-electron chi connectivity index (χ1n) is 7.23. The van der Waals surface area contributed by atoms with Crippen molar-refractivity contribution < 1.29 is 0 Å². The molecule has 0 aliphatic heterocycles. The SMILES string of the molecule is C=C(CC)NC(=NCc1ccc(Cl)cc1)Nc1ccccc1. The molecule has 3 nitrogen and oxygen atoms in total. The Bertz CT molecular complexity index is 633. The second-order valence-corrected chi connectivity index (χ2v) is 5.30. The highest BCUT2D eigenvalue weighted by atomic mass is 35.5. The highest BCUT2D eigenvalue weighted by molar-refractivity contribution is 6.30.